The lowest BCUT2D eigenvalue weighted by atomic mass is 9.93. The summed E-state index contributed by atoms with van der Waals surface area (Å²) in [5.74, 6) is -1.79. The van der Waals surface area contributed by atoms with E-state index < -0.39 is 45.5 Å². The first-order valence-corrected chi connectivity index (χ1v) is 18.9. The Bertz CT molecular complexity index is 1770. The van der Waals surface area contributed by atoms with Gasteiger partial charge in [0.1, 0.15) is 6.04 Å². The predicted octanol–water partition coefficient (Wildman–Crippen LogP) is 3.34. The quantitative estimate of drug-likeness (QED) is 0.143. The van der Waals surface area contributed by atoms with E-state index in [0.29, 0.717) is 13.0 Å². The van der Waals surface area contributed by atoms with E-state index in [1.54, 1.807) is 6.92 Å². The minimum atomic E-state index is -3.74. The fraction of sp³-hybridized carbons (Fsp3) is 0.421. The van der Waals surface area contributed by atoms with Crippen molar-refractivity contribution in [2.45, 2.75) is 71.6 Å². The number of benzene rings is 3. The van der Waals surface area contributed by atoms with E-state index in [4.69, 9.17) is 0 Å². The van der Waals surface area contributed by atoms with Crippen LogP contribution in [0.15, 0.2) is 78.9 Å². The van der Waals surface area contributed by atoms with Gasteiger partial charge >= 0.3 is 0 Å². The zero-order chi connectivity index (χ0) is 37.9. The highest BCUT2D eigenvalue weighted by molar-refractivity contribution is 7.92. The van der Waals surface area contributed by atoms with Crippen LogP contribution >= 0.6 is 0 Å². The van der Waals surface area contributed by atoms with Gasteiger partial charge in [-0.25, -0.2) is 8.42 Å². The van der Waals surface area contributed by atoms with Crippen LogP contribution in [-0.4, -0.2) is 76.6 Å². The second-order valence-electron chi connectivity index (χ2n) is 13.6. The number of rotatable bonds is 17. The van der Waals surface area contributed by atoms with Crippen LogP contribution in [0, 0.1) is 5.92 Å². The van der Waals surface area contributed by atoms with Crippen molar-refractivity contribution in [2.24, 2.45) is 5.92 Å². The van der Waals surface area contributed by atoms with Crippen LogP contribution in [0.4, 0.5) is 5.69 Å². The molecule has 0 fully saturated rings. The van der Waals surface area contributed by atoms with E-state index in [-0.39, 0.29) is 41.1 Å². The molecule has 0 aliphatic heterocycles. The van der Waals surface area contributed by atoms with Gasteiger partial charge in [-0.1, -0.05) is 74.5 Å². The third-order valence-electron chi connectivity index (χ3n) is 8.55. The molecular formula is C38H52N6O6S. The van der Waals surface area contributed by atoms with Gasteiger partial charge in [0.15, 0.2) is 0 Å². The molecule has 5 N–H and O–H groups in total. The van der Waals surface area contributed by atoms with Crippen LogP contribution in [0.5, 0.6) is 0 Å². The standard InChI is InChI=1S/C38H52N6O6S/c1-9-39-37(48)33(25(2)3)42-34(45)26(4)40-24-31(20-27-16-12-10-13-17-27)41-35(46)28-21-29(23-32(22-28)44(7)51(8,49)50)36(47)43-38(5,6)30-18-14-11-15-19-30/h10-19,21-23,25-26,31,33,40H,9,20,24H2,1-8H3,(H,39,48)(H,41,46)(H,42,45)(H,43,47)/t26-,31-,33-/m0/s1. The van der Waals surface area contributed by atoms with Crippen molar-refractivity contribution < 1.29 is 27.6 Å². The predicted molar refractivity (Wildman–Crippen MR) is 201 cm³/mol. The summed E-state index contributed by atoms with van der Waals surface area (Å²) in [6.45, 7) is 11.5. The van der Waals surface area contributed by atoms with Crippen molar-refractivity contribution in [2.75, 3.05) is 30.7 Å². The maximum Gasteiger partial charge on any atom is 0.252 e. The van der Waals surface area contributed by atoms with E-state index in [1.807, 2.05) is 95.3 Å². The van der Waals surface area contributed by atoms with E-state index in [1.165, 1.54) is 25.2 Å². The van der Waals surface area contributed by atoms with Gasteiger partial charge in [-0.3, -0.25) is 23.5 Å². The molecule has 0 saturated carbocycles. The number of anilines is 1. The number of nitrogens with zero attached hydrogens (tertiary/aromatic N) is 1. The Hall–Kier alpha value is -4.75. The molecule has 13 heteroatoms. The minimum absolute atomic E-state index is 0.0798. The summed E-state index contributed by atoms with van der Waals surface area (Å²) < 4.78 is 26.1. The molecule has 0 saturated heterocycles. The third-order valence-corrected chi connectivity index (χ3v) is 9.75. The molecule has 51 heavy (non-hydrogen) atoms. The lowest BCUT2D eigenvalue weighted by Gasteiger charge is -2.27. The number of hydrogen-bond donors (Lipinski definition) is 5. The summed E-state index contributed by atoms with van der Waals surface area (Å²) in [5, 5.41) is 14.8. The minimum Gasteiger partial charge on any atom is -0.355 e. The lowest BCUT2D eigenvalue weighted by Crippen LogP contribution is -2.55. The van der Waals surface area contributed by atoms with Crippen molar-refractivity contribution >= 4 is 39.3 Å². The Morgan fingerprint density at radius 1 is 0.804 bits per heavy atom. The monoisotopic (exact) mass is 720 g/mol. The second kappa shape index (κ2) is 18.0. The molecule has 0 unspecified atom stereocenters. The lowest BCUT2D eigenvalue weighted by molar-refractivity contribution is -0.130. The number of carbonyl (C=O) groups excluding carboxylic acids is 4. The summed E-state index contributed by atoms with van der Waals surface area (Å²) in [5.41, 5.74) is 1.35. The first-order chi connectivity index (χ1) is 23.9. The van der Waals surface area contributed by atoms with Crippen molar-refractivity contribution in [3.05, 3.63) is 101 Å². The van der Waals surface area contributed by atoms with E-state index in [9.17, 15) is 27.6 Å². The molecular weight excluding hydrogens is 669 g/mol. The zero-order valence-electron chi connectivity index (χ0n) is 30.7. The Labute approximate surface area is 302 Å². The molecule has 0 aliphatic rings. The smallest absolute Gasteiger partial charge is 0.252 e. The van der Waals surface area contributed by atoms with E-state index in [2.05, 4.69) is 26.6 Å². The highest BCUT2D eigenvalue weighted by Crippen LogP contribution is 2.24. The summed E-state index contributed by atoms with van der Waals surface area (Å²) in [7, 11) is -2.38. The Balaban J connectivity index is 1.89. The normalized spacial score (nSPS) is 13.4. The van der Waals surface area contributed by atoms with Crippen LogP contribution < -0.4 is 30.9 Å². The maximum atomic E-state index is 13.9. The molecule has 12 nitrogen and oxygen atoms in total. The van der Waals surface area contributed by atoms with Crippen molar-refractivity contribution in [1.29, 1.82) is 0 Å². The van der Waals surface area contributed by atoms with Gasteiger partial charge in [0.25, 0.3) is 11.8 Å². The Morgan fingerprint density at radius 3 is 1.92 bits per heavy atom. The van der Waals surface area contributed by atoms with Gasteiger partial charge in [-0.2, -0.15) is 0 Å². The molecule has 4 amide bonds. The molecule has 3 aromatic rings. The van der Waals surface area contributed by atoms with Gasteiger partial charge in [0.05, 0.1) is 23.5 Å². The first-order valence-electron chi connectivity index (χ1n) is 17.1. The Kier molecular flexibility index (Phi) is 14.3. The largest absolute Gasteiger partial charge is 0.355 e. The number of amides is 4. The number of sulfonamides is 1. The molecule has 0 aliphatic carbocycles. The molecule has 3 rings (SSSR count). The summed E-state index contributed by atoms with van der Waals surface area (Å²) in [6, 6.07) is 21.3. The molecule has 276 valence electrons. The van der Waals surface area contributed by atoms with Gasteiger partial charge in [0, 0.05) is 37.3 Å². The number of nitrogens with one attached hydrogen (secondary N) is 5. The van der Waals surface area contributed by atoms with Crippen LogP contribution in [-0.2, 0) is 31.6 Å². The molecule has 3 aromatic carbocycles. The molecule has 0 aromatic heterocycles. The van der Waals surface area contributed by atoms with Gasteiger partial charge in [0.2, 0.25) is 21.8 Å². The molecule has 0 spiro atoms. The highest BCUT2D eigenvalue weighted by atomic mass is 32.2. The SMILES string of the molecule is CCNC(=O)[C@@H](NC(=O)[C@H](C)NC[C@H](Cc1ccccc1)NC(=O)c1cc(C(=O)NC(C)(C)c2ccccc2)cc(N(C)S(C)(=O)=O)c1)C(C)C. The average molecular weight is 721 g/mol. The molecule has 0 bridgehead atoms. The van der Waals surface area contributed by atoms with Gasteiger partial charge < -0.3 is 26.6 Å². The van der Waals surface area contributed by atoms with E-state index >= 15 is 0 Å². The molecule has 3 atom stereocenters. The van der Waals surface area contributed by atoms with Crippen LogP contribution in [0.1, 0.15) is 73.4 Å². The zero-order valence-corrected chi connectivity index (χ0v) is 31.6. The summed E-state index contributed by atoms with van der Waals surface area (Å²) in [4.78, 5) is 53.2. The van der Waals surface area contributed by atoms with Crippen molar-refractivity contribution in [3.8, 4) is 0 Å². The van der Waals surface area contributed by atoms with Crippen molar-refractivity contribution in [3.63, 3.8) is 0 Å². The summed E-state index contributed by atoms with van der Waals surface area (Å²) >= 11 is 0. The van der Waals surface area contributed by atoms with Gasteiger partial charge in [-0.15, -0.1) is 0 Å². The number of likely N-dealkylation sites (N-methyl/N-ethyl adjacent to an activating group) is 1. The fourth-order valence-corrected chi connectivity index (χ4v) is 5.87. The number of carbonyl (C=O) groups is 4. The topological polar surface area (TPSA) is 166 Å². The second-order valence-corrected chi connectivity index (χ2v) is 15.6. The van der Waals surface area contributed by atoms with Crippen LogP contribution in [0.2, 0.25) is 0 Å². The number of hydrogen-bond acceptors (Lipinski definition) is 7. The van der Waals surface area contributed by atoms with Crippen molar-refractivity contribution in [1.82, 2.24) is 26.6 Å². The fourth-order valence-electron chi connectivity index (χ4n) is 5.38. The van der Waals surface area contributed by atoms with E-state index in [0.717, 1.165) is 21.7 Å². The van der Waals surface area contributed by atoms with Crippen LogP contribution in [0.3, 0.4) is 0 Å². The maximum absolute atomic E-state index is 13.9. The van der Waals surface area contributed by atoms with Gasteiger partial charge in [-0.05, 0) is 69.4 Å². The third kappa shape index (κ3) is 11.9. The van der Waals surface area contributed by atoms with Crippen LogP contribution in [0.25, 0.3) is 0 Å². The molecule has 0 radical (unpaired) electrons. The highest BCUT2D eigenvalue weighted by Gasteiger charge is 2.28. The summed E-state index contributed by atoms with van der Waals surface area (Å²) in [6.07, 6.45) is 1.44. The Morgan fingerprint density at radius 2 is 1.37 bits per heavy atom. The average Bonchev–Trinajstić information content (AvgIpc) is 3.08. The first kappa shape index (κ1) is 40.7. The molecule has 0 heterocycles.